The summed E-state index contributed by atoms with van der Waals surface area (Å²) in [5.74, 6) is 0.382. The summed E-state index contributed by atoms with van der Waals surface area (Å²) in [5.41, 5.74) is 2.31. The van der Waals surface area contributed by atoms with Crippen LogP contribution in [0.5, 0.6) is 17.2 Å². The van der Waals surface area contributed by atoms with Crippen molar-refractivity contribution in [2.24, 2.45) is 0 Å². The highest BCUT2D eigenvalue weighted by atomic mass is 32.1. The van der Waals surface area contributed by atoms with E-state index in [0.29, 0.717) is 5.69 Å². The Morgan fingerprint density at radius 3 is 2.42 bits per heavy atom. The van der Waals surface area contributed by atoms with Crippen LogP contribution >= 0.6 is 11.3 Å². The van der Waals surface area contributed by atoms with Crippen LogP contribution in [-0.4, -0.2) is 23.8 Å². The monoisotopic (exact) mass is 349 g/mol. The fraction of sp³-hybridized carbons (Fsp3) is 0.118. The summed E-state index contributed by atoms with van der Waals surface area (Å²) in [6.07, 6.45) is 0. The minimum Gasteiger partial charge on any atom is -0.508 e. The van der Waals surface area contributed by atoms with Crippen molar-refractivity contribution in [1.82, 2.24) is 4.98 Å². The summed E-state index contributed by atoms with van der Waals surface area (Å²) in [6.45, 7) is -2.91. The molecule has 3 aromatic rings. The second-order valence-corrected chi connectivity index (χ2v) is 5.69. The highest BCUT2D eigenvalue weighted by Crippen LogP contribution is 2.35. The lowest BCUT2D eigenvalue weighted by atomic mass is 10.1. The van der Waals surface area contributed by atoms with Crippen LogP contribution in [0.15, 0.2) is 47.8 Å². The lowest BCUT2D eigenvalue weighted by Gasteiger charge is -2.10. The molecule has 0 aliphatic rings. The minimum atomic E-state index is -2.91. The topological polar surface area (TPSA) is 51.6 Å². The molecule has 0 bridgehead atoms. The van der Waals surface area contributed by atoms with Gasteiger partial charge in [0.05, 0.1) is 12.8 Å². The maximum absolute atomic E-state index is 12.4. The van der Waals surface area contributed by atoms with Gasteiger partial charge in [-0.25, -0.2) is 4.98 Å². The van der Waals surface area contributed by atoms with E-state index in [2.05, 4.69) is 9.72 Å². The van der Waals surface area contributed by atoms with E-state index in [1.54, 1.807) is 36.4 Å². The zero-order chi connectivity index (χ0) is 17.1. The Labute approximate surface area is 140 Å². The first kappa shape index (κ1) is 16.2. The highest BCUT2D eigenvalue weighted by molar-refractivity contribution is 7.13. The van der Waals surface area contributed by atoms with E-state index in [9.17, 15) is 13.9 Å². The van der Waals surface area contributed by atoms with Crippen molar-refractivity contribution >= 4 is 11.3 Å². The number of alkyl halides is 2. The van der Waals surface area contributed by atoms with Gasteiger partial charge in [-0.3, -0.25) is 0 Å². The average Bonchev–Trinajstić information content (AvgIpc) is 3.05. The van der Waals surface area contributed by atoms with E-state index in [-0.39, 0.29) is 17.2 Å². The molecule has 0 aliphatic carbocycles. The van der Waals surface area contributed by atoms with Gasteiger partial charge < -0.3 is 14.6 Å². The normalized spacial score (nSPS) is 10.8. The van der Waals surface area contributed by atoms with E-state index < -0.39 is 6.61 Å². The van der Waals surface area contributed by atoms with Gasteiger partial charge in [0.15, 0.2) is 11.5 Å². The quantitative estimate of drug-likeness (QED) is 0.719. The van der Waals surface area contributed by atoms with Crippen molar-refractivity contribution in [1.29, 1.82) is 0 Å². The zero-order valence-corrected chi connectivity index (χ0v) is 13.4. The number of aromatic nitrogens is 1. The van der Waals surface area contributed by atoms with Gasteiger partial charge in [-0.15, -0.1) is 11.3 Å². The van der Waals surface area contributed by atoms with Crippen molar-refractivity contribution in [2.75, 3.05) is 7.11 Å². The van der Waals surface area contributed by atoms with Crippen LogP contribution in [0.3, 0.4) is 0 Å². The Morgan fingerprint density at radius 1 is 1.04 bits per heavy atom. The molecule has 0 saturated carbocycles. The Morgan fingerprint density at radius 2 is 1.75 bits per heavy atom. The molecule has 1 N–H and O–H groups in total. The predicted octanol–water partition coefficient (Wildman–Crippen LogP) is 4.79. The van der Waals surface area contributed by atoms with Gasteiger partial charge in [-0.2, -0.15) is 8.78 Å². The van der Waals surface area contributed by atoms with Gasteiger partial charge in [0.2, 0.25) is 0 Å². The third kappa shape index (κ3) is 3.46. The van der Waals surface area contributed by atoms with Crippen LogP contribution in [0.4, 0.5) is 8.78 Å². The van der Waals surface area contributed by atoms with Gasteiger partial charge >= 0.3 is 6.61 Å². The largest absolute Gasteiger partial charge is 0.508 e. The molecule has 1 aromatic heterocycles. The molecule has 1 heterocycles. The third-order valence-corrected chi connectivity index (χ3v) is 4.19. The van der Waals surface area contributed by atoms with E-state index in [1.807, 2.05) is 5.38 Å². The van der Waals surface area contributed by atoms with Crippen molar-refractivity contribution in [2.45, 2.75) is 6.61 Å². The van der Waals surface area contributed by atoms with E-state index in [4.69, 9.17) is 4.74 Å². The second-order valence-electron chi connectivity index (χ2n) is 4.83. The summed E-state index contributed by atoms with van der Waals surface area (Å²) in [6, 6.07) is 11.4. The molecular formula is C17H13F2NO3S. The summed E-state index contributed by atoms with van der Waals surface area (Å²) in [4.78, 5) is 4.54. The first-order chi connectivity index (χ1) is 11.6. The molecule has 0 spiro atoms. The number of methoxy groups -OCH3 is 1. The van der Waals surface area contributed by atoms with Crippen LogP contribution < -0.4 is 9.47 Å². The highest BCUT2D eigenvalue weighted by Gasteiger charge is 2.13. The Balaban J connectivity index is 1.91. The summed E-state index contributed by atoms with van der Waals surface area (Å²) >= 11 is 1.45. The fourth-order valence-electron chi connectivity index (χ4n) is 2.16. The van der Waals surface area contributed by atoms with Gasteiger partial charge in [-0.1, -0.05) is 0 Å². The zero-order valence-electron chi connectivity index (χ0n) is 12.6. The Bertz CT molecular complexity index is 834. The number of nitrogens with zero attached hydrogens (tertiary/aromatic N) is 1. The number of phenols is 1. The molecule has 0 saturated heterocycles. The number of hydrogen-bond donors (Lipinski definition) is 1. The molecule has 124 valence electrons. The molecule has 0 aliphatic heterocycles. The number of benzene rings is 2. The molecule has 4 nitrogen and oxygen atoms in total. The maximum atomic E-state index is 12.4. The SMILES string of the molecule is COc1cc(-c2csc(-c3ccc(O)cc3)n2)ccc1OC(F)F. The average molecular weight is 349 g/mol. The predicted molar refractivity (Wildman–Crippen MR) is 87.8 cm³/mol. The number of rotatable bonds is 5. The van der Waals surface area contributed by atoms with Crippen LogP contribution in [-0.2, 0) is 0 Å². The van der Waals surface area contributed by atoms with Crippen LogP contribution in [0, 0.1) is 0 Å². The molecule has 3 rings (SSSR count). The van der Waals surface area contributed by atoms with Gasteiger partial charge in [0.25, 0.3) is 0 Å². The molecule has 7 heteroatoms. The van der Waals surface area contributed by atoms with Crippen molar-refractivity contribution in [3.8, 4) is 39.1 Å². The molecule has 0 unspecified atom stereocenters. The maximum Gasteiger partial charge on any atom is 0.387 e. The van der Waals surface area contributed by atoms with E-state index >= 15 is 0 Å². The second kappa shape index (κ2) is 6.84. The third-order valence-electron chi connectivity index (χ3n) is 3.29. The number of ether oxygens (including phenoxy) is 2. The molecule has 0 radical (unpaired) electrons. The van der Waals surface area contributed by atoms with Crippen molar-refractivity contribution in [3.63, 3.8) is 0 Å². The lowest BCUT2D eigenvalue weighted by molar-refractivity contribution is -0.0512. The van der Waals surface area contributed by atoms with Crippen LogP contribution in [0.2, 0.25) is 0 Å². The molecule has 24 heavy (non-hydrogen) atoms. The number of hydrogen-bond acceptors (Lipinski definition) is 5. The lowest BCUT2D eigenvalue weighted by Crippen LogP contribution is -2.03. The first-order valence-corrected chi connectivity index (χ1v) is 7.83. The van der Waals surface area contributed by atoms with E-state index in [0.717, 1.165) is 16.1 Å². The van der Waals surface area contributed by atoms with E-state index in [1.165, 1.54) is 24.5 Å². The molecule has 0 fully saturated rings. The number of phenolic OH excluding ortho intramolecular Hbond substituents is 1. The first-order valence-electron chi connectivity index (χ1n) is 6.95. The van der Waals surface area contributed by atoms with Gasteiger partial charge in [0.1, 0.15) is 10.8 Å². The number of aromatic hydroxyl groups is 1. The van der Waals surface area contributed by atoms with Crippen molar-refractivity contribution < 1.29 is 23.4 Å². The van der Waals surface area contributed by atoms with Gasteiger partial charge in [0, 0.05) is 16.5 Å². The summed E-state index contributed by atoms with van der Waals surface area (Å²) in [5, 5.41) is 12.0. The van der Waals surface area contributed by atoms with Crippen LogP contribution in [0.25, 0.3) is 21.8 Å². The smallest absolute Gasteiger partial charge is 0.387 e. The molecule has 2 aromatic carbocycles. The number of halogens is 2. The summed E-state index contributed by atoms with van der Waals surface area (Å²) in [7, 11) is 1.39. The van der Waals surface area contributed by atoms with Crippen LogP contribution in [0.1, 0.15) is 0 Å². The Kier molecular flexibility index (Phi) is 4.61. The molecule has 0 atom stereocenters. The Hall–Kier alpha value is -2.67. The fourth-order valence-corrected chi connectivity index (χ4v) is 3.00. The van der Waals surface area contributed by atoms with Crippen molar-refractivity contribution in [3.05, 3.63) is 47.8 Å². The minimum absolute atomic E-state index is 0.0229. The van der Waals surface area contributed by atoms with Gasteiger partial charge in [-0.05, 0) is 42.5 Å². The number of thiazole rings is 1. The molecular weight excluding hydrogens is 336 g/mol. The molecule has 0 amide bonds. The summed E-state index contributed by atoms with van der Waals surface area (Å²) < 4.78 is 34.3. The standard InChI is InChI=1S/C17H13F2NO3S/c1-22-15-8-11(4-7-14(15)23-17(18)19)13-9-24-16(20-13)10-2-5-12(21)6-3-10/h2-9,17,21H,1H3.